The minimum atomic E-state index is -0.205. The highest BCUT2D eigenvalue weighted by Gasteiger charge is 2.35. The van der Waals surface area contributed by atoms with E-state index in [1.165, 1.54) is 0 Å². The molecular weight excluding hydrogens is 338 g/mol. The number of carbonyl (C=O) groups is 1. The van der Waals surface area contributed by atoms with E-state index in [2.05, 4.69) is 10.0 Å². The van der Waals surface area contributed by atoms with E-state index in [-0.39, 0.29) is 11.9 Å². The second kappa shape index (κ2) is 7.85. The number of furan rings is 1. The van der Waals surface area contributed by atoms with Crippen LogP contribution in [0, 0.1) is 0 Å². The Morgan fingerprint density at radius 1 is 1.28 bits per heavy atom. The Bertz CT molecular complexity index is 737. The van der Waals surface area contributed by atoms with Crippen LogP contribution < -0.4 is 0 Å². The van der Waals surface area contributed by atoms with Crippen LogP contribution in [-0.2, 0) is 4.79 Å². The molecule has 0 fully saturated rings. The van der Waals surface area contributed by atoms with Crippen LogP contribution in [-0.4, -0.2) is 41.2 Å². The minimum Gasteiger partial charge on any atom is -0.467 e. The number of likely N-dealkylation sites (N-methyl/N-ethyl adjacent to an activating group) is 1. The Labute approximate surface area is 152 Å². The fraction of sp³-hybridized carbons (Fsp3) is 0.368. The molecule has 0 radical (unpaired) electrons. The molecule has 2 heterocycles. The highest BCUT2D eigenvalue weighted by Crippen LogP contribution is 2.33. The third-order valence-electron chi connectivity index (χ3n) is 4.47. The van der Waals surface area contributed by atoms with Gasteiger partial charge in [0.2, 0.25) is 0 Å². The molecule has 0 aliphatic carbocycles. The fourth-order valence-electron chi connectivity index (χ4n) is 2.97. The molecule has 0 saturated carbocycles. The smallest absolute Gasteiger partial charge is 0.257 e. The van der Waals surface area contributed by atoms with Crippen LogP contribution in [0.1, 0.15) is 37.6 Å². The lowest BCUT2D eigenvalue weighted by Crippen LogP contribution is -2.38. The van der Waals surface area contributed by atoms with Crippen molar-refractivity contribution in [1.29, 1.82) is 0 Å². The van der Waals surface area contributed by atoms with Crippen LogP contribution in [0.5, 0.6) is 0 Å². The summed E-state index contributed by atoms with van der Waals surface area (Å²) in [4.78, 5) is 14.9. The van der Waals surface area contributed by atoms with Gasteiger partial charge in [-0.05, 0) is 42.9 Å². The van der Waals surface area contributed by atoms with E-state index in [1.54, 1.807) is 11.3 Å². The number of benzene rings is 1. The molecule has 1 atom stereocenters. The molecule has 0 saturated heterocycles. The molecule has 2 aromatic rings. The maximum atomic E-state index is 12.8. The molecule has 1 aliphatic rings. The first-order chi connectivity index (χ1) is 12.1. The van der Waals surface area contributed by atoms with Crippen molar-refractivity contribution in [2.45, 2.75) is 26.3 Å². The summed E-state index contributed by atoms with van der Waals surface area (Å²) in [7, 11) is 0. The average molecular weight is 360 g/mol. The predicted octanol–water partition coefficient (Wildman–Crippen LogP) is 3.95. The Morgan fingerprint density at radius 2 is 2.00 bits per heavy atom. The molecular formula is C19H22ClN3O2. The number of rotatable bonds is 6. The molecule has 0 unspecified atom stereocenters. The SMILES string of the molecule is CCN(CC)CC(=O)N1N=C(c2ccc(Cl)cc2)C[C@H]1c1ccco1. The van der Waals surface area contributed by atoms with E-state index in [0.717, 1.165) is 30.1 Å². The van der Waals surface area contributed by atoms with Crippen molar-refractivity contribution in [3.05, 3.63) is 59.0 Å². The summed E-state index contributed by atoms with van der Waals surface area (Å²) in [5.74, 6) is 0.731. The lowest BCUT2D eigenvalue weighted by Gasteiger charge is -2.24. The van der Waals surface area contributed by atoms with Gasteiger partial charge in [0.25, 0.3) is 5.91 Å². The van der Waals surface area contributed by atoms with Gasteiger partial charge in [0.1, 0.15) is 11.8 Å². The number of hydrogen-bond donors (Lipinski definition) is 0. The summed E-state index contributed by atoms with van der Waals surface area (Å²) >= 11 is 5.97. The Hall–Kier alpha value is -2.11. The fourth-order valence-corrected chi connectivity index (χ4v) is 3.10. The summed E-state index contributed by atoms with van der Waals surface area (Å²) in [5, 5.41) is 6.87. The maximum Gasteiger partial charge on any atom is 0.257 e. The van der Waals surface area contributed by atoms with Gasteiger partial charge >= 0.3 is 0 Å². The highest BCUT2D eigenvalue weighted by atomic mass is 35.5. The van der Waals surface area contributed by atoms with Crippen molar-refractivity contribution in [1.82, 2.24) is 9.91 Å². The standard InChI is InChI=1S/C19H22ClN3O2/c1-3-22(4-2)13-19(24)23-17(18-6-5-11-25-18)12-16(21-23)14-7-9-15(20)10-8-14/h5-11,17H,3-4,12-13H2,1-2H3/t17-/m0/s1. The van der Waals surface area contributed by atoms with Gasteiger partial charge < -0.3 is 4.42 Å². The third kappa shape index (κ3) is 3.94. The second-order valence-electron chi connectivity index (χ2n) is 5.99. The largest absolute Gasteiger partial charge is 0.467 e. The normalized spacial score (nSPS) is 17.2. The molecule has 1 aromatic heterocycles. The van der Waals surface area contributed by atoms with Crippen molar-refractivity contribution in [2.24, 2.45) is 5.10 Å². The van der Waals surface area contributed by atoms with E-state index >= 15 is 0 Å². The number of carbonyl (C=O) groups excluding carboxylic acids is 1. The third-order valence-corrected chi connectivity index (χ3v) is 4.72. The Morgan fingerprint density at radius 3 is 2.60 bits per heavy atom. The summed E-state index contributed by atoms with van der Waals surface area (Å²) in [6.07, 6.45) is 2.25. The first-order valence-electron chi connectivity index (χ1n) is 8.53. The van der Waals surface area contributed by atoms with E-state index in [0.29, 0.717) is 18.0 Å². The van der Waals surface area contributed by atoms with Crippen LogP contribution in [0.25, 0.3) is 0 Å². The van der Waals surface area contributed by atoms with Gasteiger partial charge in [0, 0.05) is 11.4 Å². The number of hydrazone groups is 1. The van der Waals surface area contributed by atoms with Gasteiger partial charge in [-0.3, -0.25) is 9.69 Å². The number of nitrogens with zero attached hydrogens (tertiary/aromatic N) is 3. The first-order valence-corrected chi connectivity index (χ1v) is 8.91. The van der Waals surface area contributed by atoms with Crippen LogP contribution in [0.15, 0.2) is 52.2 Å². The Kier molecular flexibility index (Phi) is 5.56. The zero-order valence-corrected chi connectivity index (χ0v) is 15.2. The summed E-state index contributed by atoms with van der Waals surface area (Å²) in [6, 6.07) is 11.1. The predicted molar refractivity (Wildman–Crippen MR) is 98.7 cm³/mol. The van der Waals surface area contributed by atoms with Gasteiger partial charge in [-0.15, -0.1) is 0 Å². The first kappa shape index (κ1) is 17.7. The van der Waals surface area contributed by atoms with Gasteiger partial charge in [-0.1, -0.05) is 37.6 Å². The molecule has 1 aromatic carbocycles. The maximum absolute atomic E-state index is 12.8. The molecule has 0 spiro atoms. The molecule has 0 N–H and O–H groups in total. The number of hydrogen-bond acceptors (Lipinski definition) is 4. The lowest BCUT2D eigenvalue weighted by molar-refractivity contribution is -0.134. The monoisotopic (exact) mass is 359 g/mol. The van der Waals surface area contributed by atoms with E-state index in [4.69, 9.17) is 16.0 Å². The zero-order valence-electron chi connectivity index (χ0n) is 14.5. The van der Waals surface area contributed by atoms with E-state index in [9.17, 15) is 4.79 Å². The highest BCUT2D eigenvalue weighted by molar-refractivity contribution is 6.30. The second-order valence-corrected chi connectivity index (χ2v) is 6.43. The summed E-state index contributed by atoms with van der Waals surface area (Å²) < 4.78 is 5.56. The van der Waals surface area contributed by atoms with Crippen LogP contribution >= 0.6 is 11.6 Å². The summed E-state index contributed by atoms with van der Waals surface area (Å²) in [6.45, 7) is 6.10. The van der Waals surface area contributed by atoms with Crippen molar-refractivity contribution in [3.8, 4) is 0 Å². The van der Waals surface area contributed by atoms with Crippen molar-refractivity contribution in [2.75, 3.05) is 19.6 Å². The molecule has 132 valence electrons. The quantitative estimate of drug-likeness (QED) is 0.784. The van der Waals surface area contributed by atoms with Gasteiger partial charge in [-0.25, -0.2) is 5.01 Å². The van der Waals surface area contributed by atoms with Crippen molar-refractivity contribution >= 4 is 23.2 Å². The van der Waals surface area contributed by atoms with Crippen LogP contribution in [0.2, 0.25) is 5.02 Å². The summed E-state index contributed by atoms with van der Waals surface area (Å²) in [5.41, 5.74) is 1.84. The molecule has 1 amide bonds. The van der Waals surface area contributed by atoms with E-state index in [1.807, 2.05) is 50.2 Å². The zero-order chi connectivity index (χ0) is 17.8. The van der Waals surface area contributed by atoms with Crippen molar-refractivity contribution < 1.29 is 9.21 Å². The molecule has 5 nitrogen and oxygen atoms in total. The van der Waals surface area contributed by atoms with Gasteiger partial charge in [-0.2, -0.15) is 5.10 Å². The Balaban J connectivity index is 1.87. The number of halogens is 1. The molecule has 1 aliphatic heterocycles. The van der Waals surface area contributed by atoms with Crippen LogP contribution in [0.4, 0.5) is 0 Å². The lowest BCUT2D eigenvalue weighted by atomic mass is 10.0. The van der Waals surface area contributed by atoms with Crippen LogP contribution in [0.3, 0.4) is 0 Å². The molecule has 25 heavy (non-hydrogen) atoms. The topological polar surface area (TPSA) is 49.1 Å². The minimum absolute atomic E-state index is 0.0194. The van der Waals surface area contributed by atoms with Gasteiger partial charge in [0.05, 0.1) is 18.5 Å². The number of amides is 1. The molecule has 6 heteroatoms. The van der Waals surface area contributed by atoms with Crippen molar-refractivity contribution in [3.63, 3.8) is 0 Å². The van der Waals surface area contributed by atoms with E-state index < -0.39 is 0 Å². The van der Waals surface area contributed by atoms with Gasteiger partial charge in [0.15, 0.2) is 0 Å². The average Bonchev–Trinajstić information content (AvgIpc) is 3.29. The molecule has 0 bridgehead atoms. The molecule has 3 rings (SSSR count).